The molecule has 0 bridgehead atoms. The van der Waals surface area contributed by atoms with Gasteiger partial charge in [0.25, 0.3) is 5.78 Å². The molecule has 0 aliphatic heterocycles. The third kappa shape index (κ3) is 3.77. The quantitative estimate of drug-likeness (QED) is 0.532. The van der Waals surface area contributed by atoms with Gasteiger partial charge in [-0.2, -0.15) is 4.98 Å². The molecule has 2 aromatic heterocycles. The molecule has 0 spiro atoms. The van der Waals surface area contributed by atoms with E-state index >= 15 is 0 Å². The number of methoxy groups -OCH3 is 1. The molecular formula is C18H19N5O3S. The summed E-state index contributed by atoms with van der Waals surface area (Å²) in [6.07, 6.45) is 1.99. The lowest BCUT2D eigenvalue weighted by Crippen LogP contribution is -2.19. The van der Waals surface area contributed by atoms with E-state index in [9.17, 15) is 9.59 Å². The Kier molecular flexibility index (Phi) is 5.41. The van der Waals surface area contributed by atoms with E-state index in [0.29, 0.717) is 22.2 Å². The number of thioether (sulfide) groups is 1. The van der Waals surface area contributed by atoms with Crippen molar-refractivity contribution in [2.75, 3.05) is 18.7 Å². The molecule has 0 aliphatic rings. The molecule has 3 rings (SSSR count). The summed E-state index contributed by atoms with van der Waals surface area (Å²) in [4.78, 5) is 33.2. The molecule has 1 aromatic carbocycles. The number of benzene rings is 1. The minimum absolute atomic E-state index is 0.102. The van der Waals surface area contributed by atoms with Crippen LogP contribution in [0.25, 0.3) is 5.78 Å². The molecule has 1 N–H and O–H groups in total. The lowest BCUT2D eigenvalue weighted by Gasteiger charge is -2.12. The predicted octanol–water partition coefficient (Wildman–Crippen LogP) is 2.43. The van der Waals surface area contributed by atoms with Crippen molar-refractivity contribution >= 4 is 35.1 Å². The normalized spacial score (nSPS) is 10.8. The summed E-state index contributed by atoms with van der Waals surface area (Å²) in [5.74, 6) is -0.257. The molecule has 27 heavy (non-hydrogen) atoms. The van der Waals surface area contributed by atoms with Crippen LogP contribution in [0, 0.1) is 13.8 Å². The zero-order valence-corrected chi connectivity index (χ0v) is 16.3. The second-order valence-corrected chi connectivity index (χ2v) is 6.61. The van der Waals surface area contributed by atoms with Gasteiger partial charge in [-0.1, -0.05) is 23.9 Å². The molecule has 8 nitrogen and oxygen atoms in total. The van der Waals surface area contributed by atoms with Gasteiger partial charge in [0, 0.05) is 17.0 Å². The third-order valence-corrected chi connectivity index (χ3v) is 4.69. The first kappa shape index (κ1) is 18.8. The van der Waals surface area contributed by atoms with Crippen molar-refractivity contribution in [3.8, 4) is 0 Å². The van der Waals surface area contributed by atoms with Crippen LogP contribution >= 0.6 is 11.8 Å². The second-order valence-electron chi connectivity index (χ2n) is 5.83. The Morgan fingerprint density at radius 2 is 1.96 bits per heavy atom. The molecule has 0 aliphatic carbocycles. The van der Waals surface area contributed by atoms with Gasteiger partial charge >= 0.3 is 5.97 Å². The first-order valence-electron chi connectivity index (χ1n) is 8.18. The number of hydrogen-bond acceptors (Lipinski definition) is 7. The number of aryl methyl sites for hydroxylation is 2. The number of esters is 1. The molecular weight excluding hydrogens is 366 g/mol. The number of nitrogens with zero attached hydrogens (tertiary/aromatic N) is 4. The topological polar surface area (TPSA) is 98.5 Å². The highest BCUT2D eigenvalue weighted by Gasteiger charge is 2.18. The smallest absolute Gasteiger partial charge is 0.339 e. The summed E-state index contributed by atoms with van der Waals surface area (Å²) >= 11 is 1.43. The van der Waals surface area contributed by atoms with Gasteiger partial charge in [0.15, 0.2) is 0 Å². The summed E-state index contributed by atoms with van der Waals surface area (Å²) in [6, 6.07) is 6.71. The number of carbonyl (C=O) groups is 2. The average Bonchev–Trinajstić information content (AvgIpc) is 3.08. The first-order chi connectivity index (χ1) is 12.9. The van der Waals surface area contributed by atoms with Crippen molar-refractivity contribution in [2.45, 2.75) is 25.4 Å². The maximum absolute atomic E-state index is 12.6. The SMILES string of the molecule is COC(=O)c1ccccc1NC(=O)Cc1c(C)nc2nc(SC)nn2c1C. The highest BCUT2D eigenvalue weighted by atomic mass is 32.2. The van der Waals surface area contributed by atoms with Crippen LogP contribution in [0.2, 0.25) is 0 Å². The number of nitrogens with one attached hydrogen (secondary N) is 1. The van der Waals surface area contributed by atoms with E-state index < -0.39 is 5.97 Å². The number of para-hydroxylation sites is 1. The fraction of sp³-hybridized carbons (Fsp3) is 0.278. The summed E-state index contributed by atoms with van der Waals surface area (Å²) in [5.41, 5.74) is 3.01. The fourth-order valence-electron chi connectivity index (χ4n) is 2.77. The maximum Gasteiger partial charge on any atom is 0.339 e. The van der Waals surface area contributed by atoms with E-state index in [1.807, 2.05) is 20.1 Å². The van der Waals surface area contributed by atoms with E-state index in [1.165, 1.54) is 18.9 Å². The van der Waals surface area contributed by atoms with Crippen molar-refractivity contribution in [1.82, 2.24) is 19.6 Å². The molecule has 0 saturated heterocycles. The number of carbonyl (C=O) groups excluding carboxylic acids is 2. The molecule has 140 valence electrons. The standard InChI is InChI=1S/C18H19N5O3S/c1-10-13(11(2)23-17(19-10)21-18(22-23)27-4)9-15(24)20-14-8-6-5-7-12(14)16(25)26-3/h5-8H,9H2,1-4H3,(H,20,24). The van der Waals surface area contributed by atoms with E-state index in [-0.39, 0.29) is 12.3 Å². The second kappa shape index (κ2) is 7.75. The van der Waals surface area contributed by atoms with Crippen LogP contribution in [-0.4, -0.2) is 44.8 Å². The number of anilines is 1. The Balaban J connectivity index is 1.88. The predicted molar refractivity (Wildman–Crippen MR) is 102 cm³/mol. The minimum Gasteiger partial charge on any atom is -0.465 e. The summed E-state index contributed by atoms with van der Waals surface area (Å²) < 4.78 is 6.40. The number of rotatable bonds is 5. The Morgan fingerprint density at radius 3 is 2.67 bits per heavy atom. The van der Waals surface area contributed by atoms with Gasteiger partial charge in [-0.05, 0) is 32.2 Å². The van der Waals surface area contributed by atoms with Crippen LogP contribution in [0.1, 0.15) is 27.3 Å². The van der Waals surface area contributed by atoms with E-state index in [4.69, 9.17) is 4.74 Å². The largest absolute Gasteiger partial charge is 0.465 e. The molecule has 0 unspecified atom stereocenters. The van der Waals surface area contributed by atoms with E-state index in [2.05, 4.69) is 20.4 Å². The zero-order valence-electron chi connectivity index (χ0n) is 15.4. The fourth-order valence-corrected chi connectivity index (χ4v) is 3.10. The number of aromatic nitrogens is 4. The van der Waals surface area contributed by atoms with Crippen molar-refractivity contribution in [3.05, 3.63) is 46.8 Å². The van der Waals surface area contributed by atoms with Gasteiger partial charge in [-0.25, -0.2) is 14.3 Å². The molecule has 0 fully saturated rings. The first-order valence-corrected chi connectivity index (χ1v) is 9.41. The van der Waals surface area contributed by atoms with Crippen LogP contribution < -0.4 is 5.32 Å². The Morgan fingerprint density at radius 1 is 1.22 bits per heavy atom. The van der Waals surface area contributed by atoms with Gasteiger partial charge < -0.3 is 10.1 Å². The summed E-state index contributed by atoms with van der Waals surface area (Å²) in [5, 5.41) is 7.79. The van der Waals surface area contributed by atoms with Gasteiger partial charge in [0.2, 0.25) is 11.1 Å². The van der Waals surface area contributed by atoms with Crippen molar-refractivity contribution in [2.24, 2.45) is 0 Å². The molecule has 3 aromatic rings. The summed E-state index contributed by atoms with van der Waals surface area (Å²) in [7, 11) is 1.30. The molecule has 0 radical (unpaired) electrons. The number of ether oxygens (including phenoxy) is 1. The van der Waals surface area contributed by atoms with Gasteiger partial charge in [-0.15, -0.1) is 5.10 Å². The molecule has 0 saturated carbocycles. The number of fused-ring (bicyclic) bond motifs is 1. The van der Waals surface area contributed by atoms with Crippen molar-refractivity contribution in [1.29, 1.82) is 0 Å². The van der Waals surface area contributed by atoms with Gasteiger partial charge in [0.1, 0.15) is 0 Å². The molecule has 9 heteroatoms. The molecule has 1 amide bonds. The van der Waals surface area contributed by atoms with Crippen LogP contribution in [-0.2, 0) is 16.0 Å². The third-order valence-electron chi connectivity index (χ3n) is 4.16. The monoisotopic (exact) mass is 385 g/mol. The zero-order chi connectivity index (χ0) is 19.6. The highest BCUT2D eigenvalue weighted by Crippen LogP contribution is 2.19. The van der Waals surface area contributed by atoms with Crippen molar-refractivity contribution in [3.63, 3.8) is 0 Å². The minimum atomic E-state index is -0.506. The average molecular weight is 385 g/mol. The maximum atomic E-state index is 12.6. The van der Waals surface area contributed by atoms with Gasteiger partial charge in [-0.3, -0.25) is 4.79 Å². The van der Waals surface area contributed by atoms with Crippen molar-refractivity contribution < 1.29 is 14.3 Å². The van der Waals surface area contributed by atoms with Crippen LogP contribution in [0.15, 0.2) is 29.4 Å². The van der Waals surface area contributed by atoms with Gasteiger partial charge in [0.05, 0.1) is 24.8 Å². The Hall–Kier alpha value is -2.94. The molecule has 0 atom stereocenters. The van der Waals surface area contributed by atoms with Crippen LogP contribution in [0.3, 0.4) is 0 Å². The number of hydrogen-bond donors (Lipinski definition) is 1. The highest BCUT2D eigenvalue weighted by molar-refractivity contribution is 7.98. The lowest BCUT2D eigenvalue weighted by molar-refractivity contribution is -0.115. The van der Waals surface area contributed by atoms with Crippen LogP contribution in [0.4, 0.5) is 5.69 Å². The van der Waals surface area contributed by atoms with E-state index in [1.54, 1.807) is 28.8 Å². The van der Waals surface area contributed by atoms with Crippen LogP contribution in [0.5, 0.6) is 0 Å². The van der Waals surface area contributed by atoms with E-state index in [0.717, 1.165) is 17.0 Å². The number of amides is 1. The Labute approximate surface area is 160 Å². The summed E-state index contributed by atoms with van der Waals surface area (Å²) in [6.45, 7) is 3.72. The Bertz CT molecular complexity index is 1030. The lowest BCUT2D eigenvalue weighted by atomic mass is 10.1. The molecule has 2 heterocycles.